The molecule has 2 saturated heterocycles. The van der Waals surface area contributed by atoms with Gasteiger partial charge in [0.2, 0.25) is 0 Å². The predicted octanol–water partition coefficient (Wildman–Crippen LogP) is 2.09. The Morgan fingerprint density at radius 1 is 1.28 bits per heavy atom. The number of rotatable bonds is 9. The summed E-state index contributed by atoms with van der Waals surface area (Å²) in [6, 6.07) is 0. The molecule has 0 spiro atoms. The van der Waals surface area contributed by atoms with Crippen LogP contribution in [0.3, 0.4) is 0 Å². The van der Waals surface area contributed by atoms with E-state index < -0.39 is 0 Å². The van der Waals surface area contributed by atoms with Gasteiger partial charge in [0, 0.05) is 39.9 Å². The first-order chi connectivity index (χ1) is 11.8. The van der Waals surface area contributed by atoms with Crippen LogP contribution < -0.4 is 10.6 Å². The molecule has 2 aliphatic rings. The van der Waals surface area contributed by atoms with Crippen molar-refractivity contribution in [3.05, 3.63) is 0 Å². The zero-order valence-electron chi connectivity index (χ0n) is 16.0. The summed E-state index contributed by atoms with van der Waals surface area (Å²) in [6.07, 6.45) is 6.44. The molecule has 2 fully saturated rings. The summed E-state index contributed by atoms with van der Waals surface area (Å²) in [7, 11) is 1.83. The van der Waals surface area contributed by atoms with Gasteiger partial charge < -0.3 is 25.0 Å². The summed E-state index contributed by atoms with van der Waals surface area (Å²) in [5, 5.41) is 6.81. The average Bonchev–Trinajstić information content (AvgIpc) is 3.11. The summed E-state index contributed by atoms with van der Waals surface area (Å²) >= 11 is 0. The Labute approximate surface area is 170 Å². The molecule has 0 saturated carbocycles. The van der Waals surface area contributed by atoms with Gasteiger partial charge in [0.05, 0.1) is 12.7 Å². The van der Waals surface area contributed by atoms with Crippen molar-refractivity contribution in [2.45, 2.75) is 45.1 Å². The van der Waals surface area contributed by atoms with Crippen molar-refractivity contribution in [2.24, 2.45) is 10.9 Å². The highest BCUT2D eigenvalue weighted by molar-refractivity contribution is 14.0. The van der Waals surface area contributed by atoms with E-state index in [2.05, 4.69) is 27.4 Å². The Morgan fingerprint density at radius 3 is 2.76 bits per heavy atom. The normalized spacial score (nSPS) is 23.1. The number of halogens is 1. The number of hydrogen-bond acceptors (Lipinski definition) is 4. The Bertz CT molecular complexity index is 359. The van der Waals surface area contributed by atoms with Crippen LogP contribution in [0.2, 0.25) is 0 Å². The smallest absolute Gasteiger partial charge is 0.190 e. The van der Waals surface area contributed by atoms with Crippen molar-refractivity contribution < 1.29 is 9.47 Å². The van der Waals surface area contributed by atoms with E-state index in [-0.39, 0.29) is 24.0 Å². The molecular formula is C18H37IN4O2. The standard InChI is InChI=1S/C18H36N4O2.HI/c1-16(14-22-9-4-3-5-10-22)13-21-18(19-2)20-8-6-11-24-17-7-12-23-15-17;/h16-17H,3-15H2,1-2H3,(H2,19,20,21);1H. The molecule has 2 aliphatic heterocycles. The molecule has 2 rings (SSSR count). The highest BCUT2D eigenvalue weighted by Crippen LogP contribution is 2.10. The van der Waals surface area contributed by atoms with Gasteiger partial charge >= 0.3 is 0 Å². The molecule has 6 nitrogen and oxygen atoms in total. The number of aliphatic imine (C=N–C) groups is 1. The van der Waals surface area contributed by atoms with Crippen molar-refractivity contribution >= 4 is 29.9 Å². The van der Waals surface area contributed by atoms with Gasteiger partial charge in [-0.25, -0.2) is 0 Å². The Balaban J connectivity index is 0.00000312. The highest BCUT2D eigenvalue weighted by atomic mass is 127. The molecular weight excluding hydrogens is 431 g/mol. The summed E-state index contributed by atoms with van der Waals surface area (Å²) in [5.41, 5.74) is 0. The zero-order valence-corrected chi connectivity index (χ0v) is 18.3. The monoisotopic (exact) mass is 468 g/mol. The minimum atomic E-state index is 0. The van der Waals surface area contributed by atoms with Crippen LogP contribution in [-0.2, 0) is 9.47 Å². The number of hydrogen-bond donors (Lipinski definition) is 2. The third kappa shape index (κ3) is 9.96. The van der Waals surface area contributed by atoms with E-state index in [4.69, 9.17) is 9.47 Å². The van der Waals surface area contributed by atoms with E-state index in [0.717, 1.165) is 51.7 Å². The average molecular weight is 468 g/mol. The number of ether oxygens (including phenoxy) is 2. The van der Waals surface area contributed by atoms with Gasteiger partial charge in [-0.1, -0.05) is 13.3 Å². The summed E-state index contributed by atoms with van der Waals surface area (Å²) in [4.78, 5) is 6.90. The lowest BCUT2D eigenvalue weighted by atomic mass is 10.1. The van der Waals surface area contributed by atoms with Gasteiger partial charge in [0.25, 0.3) is 0 Å². The summed E-state index contributed by atoms with van der Waals surface area (Å²) < 4.78 is 11.1. The SMILES string of the molecule is CN=C(NCCCOC1CCOC1)NCC(C)CN1CCCCC1.I. The molecule has 0 aromatic carbocycles. The van der Waals surface area contributed by atoms with Crippen molar-refractivity contribution in [3.8, 4) is 0 Å². The van der Waals surface area contributed by atoms with Gasteiger partial charge in [-0.3, -0.25) is 4.99 Å². The first kappa shape index (κ1) is 22.9. The molecule has 148 valence electrons. The van der Waals surface area contributed by atoms with E-state index in [1.807, 2.05) is 7.05 Å². The van der Waals surface area contributed by atoms with Crippen LogP contribution >= 0.6 is 24.0 Å². The molecule has 0 aromatic heterocycles. The Morgan fingerprint density at radius 2 is 2.08 bits per heavy atom. The minimum Gasteiger partial charge on any atom is -0.379 e. The van der Waals surface area contributed by atoms with Gasteiger partial charge in [-0.15, -0.1) is 24.0 Å². The van der Waals surface area contributed by atoms with E-state index in [9.17, 15) is 0 Å². The molecule has 25 heavy (non-hydrogen) atoms. The van der Waals surface area contributed by atoms with Crippen LogP contribution in [0.15, 0.2) is 4.99 Å². The molecule has 2 heterocycles. The van der Waals surface area contributed by atoms with Crippen LogP contribution in [0.1, 0.15) is 39.0 Å². The van der Waals surface area contributed by atoms with Gasteiger partial charge in [-0.2, -0.15) is 0 Å². The lowest BCUT2D eigenvalue weighted by Crippen LogP contribution is -2.42. The van der Waals surface area contributed by atoms with Gasteiger partial charge in [0.15, 0.2) is 5.96 Å². The first-order valence-electron chi connectivity index (χ1n) is 9.64. The van der Waals surface area contributed by atoms with Crippen LogP contribution in [0.5, 0.6) is 0 Å². The van der Waals surface area contributed by atoms with Crippen LogP contribution in [0.4, 0.5) is 0 Å². The van der Waals surface area contributed by atoms with Gasteiger partial charge in [0.1, 0.15) is 0 Å². The molecule has 7 heteroatoms. The molecule has 0 aliphatic carbocycles. The maximum atomic E-state index is 5.77. The van der Waals surface area contributed by atoms with E-state index in [0.29, 0.717) is 12.0 Å². The lowest BCUT2D eigenvalue weighted by Gasteiger charge is -2.29. The minimum absolute atomic E-state index is 0. The molecule has 0 aromatic rings. The summed E-state index contributed by atoms with van der Waals surface area (Å²) in [6.45, 7) is 10.3. The Kier molecular flexibility index (Phi) is 12.8. The fraction of sp³-hybridized carbons (Fsp3) is 0.944. The molecule has 0 bridgehead atoms. The Hall–Kier alpha value is -0.120. The second-order valence-electron chi connectivity index (χ2n) is 7.06. The first-order valence-corrected chi connectivity index (χ1v) is 9.64. The molecule has 0 radical (unpaired) electrons. The second-order valence-corrected chi connectivity index (χ2v) is 7.06. The molecule has 0 amide bonds. The van der Waals surface area contributed by atoms with Crippen LogP contribution in [-0.4, -0.2) is 76.6 Å². The predicted molar refractivity (Wildman–Crippen MR) is 114 cm³/mol. The fourth-order valence-corrected chi connectivity index (χ4v) is 3.31. The van der Waals surface area contributed by atoms with E-state index in [1.54, 1.807) is 0 Å². The maximum Gasteiger partial charge on any atom is 0.190 e. The molecule has 2 N–H and O–H groups in total. The number of guanidine groups is 1. The number of piperidine rings is 1. The van der Waals surface area contributed by atoms with E-state index in [1.165, 1.54) is 38.9 Å². The van der Waals surface area contributed by atoms with Crippen LogP contribution in [0, 0.1) is 5.92 Å². The van der Waals surface area contributed by atoms with Crippen LogP contribution in [0.25, 0.3) is 0 Å². The number of nitrogens with one attached hydrogen (secondary N) is 2. The lowest BCUT2D eigenvalue weighted by molar-refractivity contribution is 0.0420. The third-order valence-corrected chi connectivity index (χ3v) is 4.72. The van der Waals surface area contributed by atoms with E-state index >= 15 is 0 Å². The van der Waals surface area contributed by atoms with Crippen molar-refractivity contribution in [1.82, 2.24) is 15.5 Å². The highest BCUT2D eigenvalue weighted by Gasteiger charge is 2.15. The molecule has 2 unspecified atom stereocenters. The fourth-order valence-electron chi connectivity index (χ4n) is 3.31. The second kappa shape index (κ2) is 14.0. The maximum absolute atomic E-state index is 5.77. The van der Waals surface area contributed by atoms with Gasteiger partial charge in [-0.05, 0) is 44.7 Å². The zero-order chi connectivity index (χ0) is 17.0. The molecule has 2 atom stereocenters. The van der Waals surface area contributed by atoms with Crippen molar-refractivity contribution in [2.75, 3.05) is 59.6 Å². The quantitative estimate of drug-likeness (QED) is 0.235. The van der Waals surface area contributed by atoms with Crippen molar-refractivity contribution in [1.29, 1.82) is 0 Å². The number of nitrogens with zero attached hydrogens (tertiary/aromatic N) is 2. The largest absolute Gasteiger partial charge is 0.379 e. The van der Waals surface area contributed by atoms with Crippen molar-refractivity contribution in [3.63, 3.8) is 0 Å². The topological polar surface area (TPSA) is 58.1 Å². The third-order valence-electron chi connectivity index (χ3n) is 4.72. The number of likely N-dealkylation sites (tertiary alicyclic amines) is 1. The summed E-state index contributed by atoms with van der Waals surface area (Å²) in [5.74, 6) is 1.53.